The molecular weight excluding hydrogens is 194 g/mol. The van der Waals surface area contributed by atoms with E-state index in [1.54, 1.807) is 13.8 Å². The molecule has 1 aromatic rings. The molecule has 0 aliphatic carbocycles. The van der Waals surface area contributed by atoms with Gasteiger partial charge in [0.05, 0.1) is 0 Å². The zero-order valence-electron chi connectivity index (χ0n) is 8.67. The molecule has 1 rings (SSSR count). The van der Waals surface area contributed by atoms with E-state index < -0.39 is 5.82 Å². The molecule has 1 N–H and O–H groups in total. The summed E-state index contributed by atoms with van der Waals surface area (Å²) >= 11 is 0. The number of phenols is 1. The fourth-order valence-electron chi connectivity index (χ4n) is 1.44. The van der Waals surface area contributed by atoms with Gasteiger partial charge in [-0.1, -0.05) is 6.92 Å². The molecule has 72 valence electrons. The van der Waals surface area contributed by atoms with Crippen LogP contribution in [0.5, 0.6) is 5.75 Å². The molecule has 0 spiro atoms. The van der Waals surface area contributed by atoms with Crippen LogP contribution in [0.2, 0.25) is 0 Å². The molecule has 0 saturated carbocycles. The summed E-state index contributed by atoms with van der Waals surface area (Å²) in [6.45, 7) is 3.02. The van der Waals surface area contributed by atoms with Gasteiger partial charge in [-0.3, -0.25) is 0 Å². The number of hydrogen-bond donors (Lipinski definition) is 1. The number of halogens is 1. The maximum absolute atomic E-state index is 13.2. The molecule has 0 fully saturated rings. The predicted molar refractivity (Wildman–Crippen MR) is 46.1 cm³/mol. The Kier molecular flexibility index (Phi) is 5.67. The van der Waals surface area contributed by atoms with Crippen molar-refractivity contribution in [3.05, 3.63) is 29.1 Å². The zero-order chi connectivity index (χ0) is 10.0. The van der Waals surface area contributed by atoms with Crippen molar-refractivity contribution >= 4 is 0 Å². The second kappa shape index (κ2) is 5.71. The summed E-state index contributed by atoms with van der Waals surface area (Å²) in [5.74, 6) is -0.946. The molecule has 1 unspecified atom stereocenters. The van der Waals surface area contributed by atoms with Gasteiger partial charge in [0, 0.05) is 6.07 Å². The first kappa shape index (κ1) is 13.9. The Hall–Kier alpha value is -0.0900. The summed E-state index contributed by atoms with van der Waals surface area (Å²) < 4.78 is 13.2. The van der Waals surface area contributed by atoms with Crippen molar-refractivity contribution < 1.29 is 44.2 Å². The van der Waals surface area contributed by atoms with Gasteiger partial charge >= 0.3 is 29.6 Å². The van der Waals surface area contributed by atoms with Crippen LogP contribution in [0.15, 0.2) is 12.1 Å². The van der Waals surface area contributed by atoms with Gasteiger partial charge < -0.3 is 10.2 Å². The number of benzene rings is 1. The Morgan fingerprint density at radius 3 is 2.50 bits per heavy atom. The first-order valence-corrected chi connectivity index (χ1v) is 4.13. The van der Waals surface area contributed by atoms with E-state index in [0.29, 0.717) is 11.1 Å². The van der Waals surface area contributed by atoms with E-state index in [-0.39, 0.29) is 47.8 Å². The second-order valence-corrected chi connectivity index (χ2v) is 3.23. The molecule has 0 aliphatic heterocycles. The van der Waals surface area contributed by atoms with Crippen LogP contribution >= 0.6 is 0 Å². The van der Waals surface area contributed by atoms with Crippen molar-refractivity contribution in [1.82, 2.24) is 0 Å². The van der Waals surface area contributed by atoms with Gasteiger partial charge in [0.25, 0.3) is 0 Å². The number of phenolic OH excluding ortho intramolecular Hbond substituents is 1. The van der Waals surface area contributed by atoms with Crippen LogP contribution in [0.4, 0.5) is 4.39 Å². The van der Waals surface area contributed by atoms with Gasteiger partial charge in [-0.05, 0) is 30.0 Å². The Morgan fingerprint density at radius 2 is 2.07 bits per heavy atom. The van der Waals surface area contributed by atoms with Gasteiger partial charge in [-0.25, -0.2) is 4.39 Å². The van der Waals surface area contributed by atoms with Gasteiger partial charge in [0.15, 0.2) is 0 Å². The van der Waals surface area contributed by atoms with Crippen LogP contribution in [0.3, 0.4) is 0 Å². The fraction of sp³-hybridized carbons (Fsp3) is 0.400. The quantitative estimate of drug-likeness (QED) is 0.587. The minimum absolute atomic E-state index is 0. The summed E-state index contributed by atoms with van der Waals surface area (Å²) in [5, 5.41) is 19.6. The van der Waals surface area contributed by atoms with Gasteiger partial charge in [0.1, 0.15) is 11.6 Å². The first-order chi connectivity index (χ1) is 6.06. The fourth-order valence-corrected chi connectivity index (χ4v) is 1.44. The normalized spacial score (nSPS) is 12.0. The molecule has 0 amide bonds. The summed E-state index contributed by atoms with van der Waals surface area (Å²) in [5.41, 5.74) is 1.04. The van der Waals surface area contributed by atoms with E-state index in [9.17, 15) is 9.50 Å². The van der Waals surface area contributed by atoms with Crippen LogP contribution < -0.4 is 34.7 Å². The van der Waals surface area contributed by atoms with Crippen molar-refractivity contribution in [1.29, 1.82) is 0 Å². The maximum Gasteiger partial charge on any atom is 1.00 e. The average Bonchev–Trinajstić information content (AvgIpc) is 2.02. The zero-order valence-corrected chi connectivity index (χ0v) is 10.7. The molecule has 0 heterocycles. The molecule has 14 heavy (non-hydrogen) atoms. The molecular formula is C10H12FNaO2. The maximum atomic E-state index is 13.2. The van der Waals surface area contributed by atoms with E-state index in [2.05, 4.69) is 0 Å². The Labute approximate surface area is 105 Å². The molecule has 0 bridgehead atoms. The van der Waals surface area contributed by atoms with Gasteiger partial charge in [0.2, 0.25) is 0 Å². The van der Waals surface area contributed by atoms with Crippen LogP contribution in [0, 0.1) is 12.7 Å². The monoisotopic (exact) mass is 206 g/mol. The minimum Gasteiger partial charge on any atom is -0.854 e. The van der Waals surface area contributed by atoms with Crippen molar-refractivity contribution in [3.63, 3.8) is 0 Å². The summed E-state index contributed by atoms with van der Waals surface area (Å²) in [4.78, 5) is 0. The van der Waals surface area contributed by atoms with Crippen LogP contribution in [0.1, 0.15) is 24.0 Å². The Morgan fingerprint density at radius 1 is 1.50 bits per heavy atom. The van der Waals surface area contributed by atoms with Crippen LogP contribution in [-0.4, -0.2) is 11.7 Å². The number of aromatic hydroxyl groups is 1. The third kappa shape index (κ3) is 2.95. The average molecular weight is 206 g/mol. The molecule has 1 atom stereocenters. The molecule has 1 aromatic carbocycles. The van der Waals surface area contributed by atoms with Crippen molar-refractivity contribution in [2.75, 3.05) is 6.61 Å². The molecule has 0 aliphatic rings. The standard InChI is InChI=1S/C10H12FO2.Na/c1-6-3-8(13)4-9(11)10(6)7(2)5-12;/h3-4,7,13H,5H2,1-2H3;/q-1;+1. The van der Waals surface area contributed by atoms with E-state index in [0.717, 1.165) is 6.07 Å². The third-order valence-electron chi connectivity index (χ3n) is 2.06. The molecule has 0 radical (unpaired) electrons. The van der Waals surface area contributed by atoms with E-state index >= 15 is 0 Å². The van der Waals surface area contributed by atoms with Crippen molar-refractivity contribution in [3.8, 4) is 5.75 Å². The largest absolute Gasteiger partial charge is 1.00 e. The number of hydrogen-bond acceptors (Lipinski definition) is 2. The minimum atomic E-state index is -0.499. The number of aryl methyl sites for hydroxylation is 1. The van der Waals surface area contributed by atoms with E-state index in [4.69, 9.17) is 5.11 Å². The molecule has 0 saturated heterocycles. The number of rotatable bonds is 2. The molecule has 4 heteroatoms. The van der Waals surface area contributed by atoms with Crippen LogP contribution in [0.25, 0.3) is 0 Å². The van der Waals surface area contributed by atoms with Crippen LogP contribution in [-0.2, 0) is 0 Å². The molecule has 2 nitrogen and oxygen atoms in total. The van der Waals surface area contributed by atoms with E-state index in [1.807, 2.05) is 0 Å². The van der Waals surface area contributed by atoms with Crippen molar-refractivity contribution in [2.45, 2.75) is 19.8 Å². The van der Waals surface area contributed by atoms with Crippen molar-refractivity contribution in [2.24, 2.45) is 0 Å². The molecule has 0 aromatic heterocycles. The third-order valence-corrected chi connectivity index (χ3v) is 2.06. The van der Waals surface area contributed by atoms with E-state index in [1.165, 1.54) is 6.07 Å². The summed E-state index contributed by atoms with van der Waals surface area (Å²) in [6.07, 6.45) is 0. The second-order valence-electron chi connectivity index (χ2n) is 3.23. The topological polar surface area (TPSA) is 43.3 Å². The Bertz CT molecular complexity index is 292. The Balaban J connectivity index is 0.00000169. The SMILES string of the molecule is Cc1cc(O)cc(F)c1C(C)C[O-].[Na+]. The smallest absolute Gasteiger partial charge is 0.854 e. The predicted octanol–water partition coefficient (Wildman–Crippen LogP) is -1.69. The van der Waals surface area contributed by atoms with Gasteiger partial charge in [-0.15, -0.1) is 6.61 Å². The first-order valence-electron chi connectivity index (χ1n) is 4.13. The van der Waals surface area contributed by atoms with Gasteiger partial charge in [-0.2, -0.15) is 0 Å². The summed E-state index contributed by atoms with van der Waals surface area (Å²) in [7, 11) is 0. The summed E-state index contributed by atoms with van der Waals surface area (Å²) in [6, 6.07) is 2.50.